The number of aromatic amines is 1. The molecule has 0 fully saturated rings. The lowest BCUT2D eigenvalue weighted by Gasteiger charge is -2.24. The maximum Gasteiger partial charge on any atom is 0.264 e. The van der Waals surface area contributed by atoms with Crippen LogP contribution in [-0.2, 0) is 0 Å². The van der Waals surface area contributed by atoms with Crippen LogP contribution in [0.15, 0.2) is 53.8 Å². The van der Waals surface area contributed by atoms with Crippen LogP contribution in [0, 0.1) is 5.82 Å². The standard InChI is InChI=1S/C23H16Cl3FN6O/c1-2-15(32-22-20-21(29-9-28-20)30-10-31-22)17-7-11-3-6-14(27)19(26)18(11)23(34)33(17)16-8-12(24)4-5-13(16)25/h3-10,15H,2H2,1H3,(H2,28,29,30,31,32). The molecule has 0 aliphatic rings. The van der Waals surface area contributed by atoms with E-state index in [1.807, 2.05) is 6.92 Å². The first kappa shape index (κ1) is 22.6. The van der Waals surface area contributed by atoms with Crippen molar-refractivity contribution in [2.24, 2.45) is 0 Å². The van der Waals surface area contributed by atoms with E-state index >= 15 is 0 Å². The number of halogens is 4. The Kier molecular flexibility index (Phi) is 5.89. The molecule has 0 aliphatic heterocycles. The fourth-order valence-corrected chi connectivity index (χ4v) is 4.56. The zero-order valence-electron chi connectivity index (χ0n) is 17.6. The van der Waals surface area contributed by atoms with Gasteiger partial charge in [-0.25, -0.2) is 19.3 Å². The molecule has 34 heavy (non-hydrogen) atoms. The van der Waals surface area contributed by atoms with Crippen LogP contribution in [0.5, 0.6) is 0 Å². The predicted octanol–water partition coefficient (Wildman–Crippen LogP) is 6.32. The molecule has 0 bridgehead atoms. The minimum Gasteiger partial charge on any atom is -0.360 e. The average Bonchev–Trinajstić information content (AvgIpc) is 3.31. The molecule has 5 rings (SSSR count). The summed E-state index contributed by atoms with van der Waals surface area (Å²) in [5.41, 5.74) is 1.53. The van der Waals surface area contributed by atoms with Crippen LogP contribution in [0.25, 0.3) is 27.6 Å². The molecule has 3 heterocycles. The topological polar surface area (TPSA) is 88.5 Å². The molecule has 0 amide bonds. The lowest BCUT2D eigenvalue weighted by atomic mass is 10.0. The van der Waals surface area contributed by atoms with Crippen molar-refractivity contribution >= 4 is 62.6 Å². The third kappa shape index (κ3) is 3.77. The Bertz CT molecular complexity index is 1620. The van der Waals surface area contributed by atoms with Gasteiger partial charge < -0.3 is 10.3 Å². The highest BCUT2D eigenvalue weighted by atomic mass is 35.5. The number of imidazole rings is 1. The molecular weight excluding hydrogens is 502 g/mol. The van der Waals surface area contributed by atoms with Crippen LogP contribution >= 0.6 is 34.8 Å². The van der Waals surface area contributed by atoms with Gasteiger partial charge in [0.25, 0.3) is 5.56 Å². The molecule has 3 aromatic heterocycles. The summed E-state index contributed by atoms with van der Waals surface area (Å²) in [4.78, 5) is 29.5. The van der Waals surface area contributed by atoms with Crippen LogP contribution in [0.2, 0.25) is 15.1 Å². The second kappa shape index (κ2) is 8.87. The van der Waals surface area contributed by atoms with Gasteiger partial charge in [-0.15, -0.1) is 0 Å². The fraction of sp³-hybridized carbons (Fsp3) is 0.130. The molecule has 172 valence electrons. The molecule has 2 aromatic carbocycles. The maximum atomic E-state index is 14.3. The first-order valence-electron chi connectivity index (χ1n) is 10.3. The van der Waals surface area contributed by atoms with Gasteiger partial charge in [0, 0.05) is 10.7 Å². The van der Waals surface area contributed by atoms with E-state index in [0.717, 1.165) is 0 Å². The number of fused-ring (bicyclic) bond motifs is 2. The number of nitrogens with one attached hydrogen (secondary N) is 2. The zero-order chi connectivity index (χ0) is 24.0. The highest BCUT2D eigenvalue weighted by Gasteiger charge is 2.23. The molecular formula is C23H16Cl3FN6O. The van der Waals surface area contributed by atoms with Gasteiger partial charge in [0.1, 0.15) is 17.7 Å². The van der Waals surface area contributed by atoms with Crippen molar-refractivity contribution < 1.29 is 4.39 Å². The smallest absolute Gasteiger partial charge is 0.264 e. The molecule has 0 radical (unpaired) electrons. The molecule has 11 heteroatoms. The highest BCUT2D eigenvalue weighted by molar-refractivity contribution is 6.36. The predicted molar refractivity (Wildman–Crippen MR) is 133 cm³/mol. The number of aromatic nitrogens is 5. The summed E-state index contributed by atoms with van der Waals surface area (Å²) in [6.45, 7) is 1.96. The van der Waals surface area contributed by atoms with Gasteiger partial charge in [-0.05, 0) is 42.1 Å². The largest absolute Gasteiger partial charge is 0.360 e. The summed E-state index contributed by atoms with van der Waals surface area (Å²) in [5, 5.41) is 4.33. The quantitative estimate of drug-likeness (QED) is 0.285. The molecule has 0 saturated heterocycles. The monoisotopic (exact) mass is 516 g/mol. The van der Waals surface area contributed by atoms with Gasteiger partial charge in [-0.2, -0.15) is 0 Å². The van der Waals surface area contributed by atoms with Gasteiger partial charge in [-0.1, -0.05) is 47.8 Å². The first-order chi connectivity index (χ1) is 16.4. The summed E-state index contributed by atoms with van der Waals surface area (Å²) in [5.74, 6) is -0.193. The van der Waals surface area contributed by atoms with E-state index < -0.39 is 17.4 Å². The van der Waals surface area contributed by atoms with Crippen molar-refractivity contribution in [1.82, 2.24) is 24.5 Å². The Labute approximate surface area is 207 Å². The molecule has 1 unspecified atom stereocenters. The second-order valence-corrected chi connectivity index (χ2v) is 8.78. The summed E-state index contributed by atoms with van der Waals surface area (Å²) >= 11 is 18.9. The van der Waals surface area contributed by atoms with Crippen LogP contribution in [0.1, 0.15) is 25.1 Å². The average molecular weight is 518 g/mol. The van der Waals surface area contributed by atoms with Crippen molar-refractivity contribution in [3.05, 3.63) is 86.0 Å². The lowest BCUT2D eigenvalue weighted by Crippen LogP contribution is -2.27. The van der Waals surface area contributed by atoms with Crippen LogP contribution < -0.4 is 10.9 Å². The molecule has 7 nitrogen and oxygen atoms in total. The third-order valence-corrected chi connectivity index (χ3v) is 6.47. The van der Waals surface area contributed by atoms with Gasteiger partial charge in [-0.3, -0.25) is 9.36 Å². The number of pyridine rings is 1. The number of H-pyrrole nitrogens is 1. The van der Waals surface area contributed by atoms with Crippen LogP contribution in [0.4, 0.5) is 10.2 Å². The molecule has 0 spiro atoms. The first-order valence-corrected chi connectivity index (χ1v) is 11.4. The van der Waals surface area contributed by atoms with Gasteiger partial charge in [0.15, 0.2) is 11.5 Å². The molecule has 2 N–H and O–H groups in total. The van der Waals surface area contributed by atoms with Crippen LogP contribution in [0.3, 0.4) is 0 Å². The third-order valence-electron chi connectivity index (χ3n) is 5.55. The van der Waals surface area contributed by atoms with Gasteiger partial charge >= 0.3 is 0 Å². The maximum absolute atomic E-state index is 14.3. The van der Waals surface area contributed by atoms with Crippen molar-refractivity contribution in [2.45, 2.75) is 19.4 Å². The van der Waals surface area contributed by atoms with E-state index in [1.54, 1.807) is 24.3 Å². The Balaban J connectivity index is 1.79. The fourth-order valence-electron chi connectivity index (χ4n) is 3.94. The number of hydrogen-bond acceptors (Lipinski definition) is 5. The van der Waals surface area contributed by atoms with Gasteiger partial charge in [0.2, 0.25) is 0 Å². The Hall–Kier alpha value is -3.20. The van der Waals surface area contributed by atoms with Gasteiger partial charge in [0.05, 0.1) is 33.5 Å². The highest BCUT2D eigenvalue weighted by Crippen LogP contribution is 2.33. The summed E-state index contributed by atoms with van der Waals surface area (Å²) < 4.78 is 15.7. The molecule has 1 atom stereocenters. The summed E-state index contributed by atoms with van der Waals surface area (Å²) in [6, 6.07) is 8.92. The summed E-state index contributed by atoms with van der Waals surface area (Å²) in [7, 11) is 0. The molecule has 5 aromatic rings. The zero-order valence-corrected chi connectivity index (χ0v) is 19.9. The Morgan fingerprint density at radius 2 is 1.94 bits per heavy atom. The number of nitrogens with zero attached hydrogens (tertiary/aromatic N) is 4. The van der Waals surface area contributed by atoms with E-state index in [1.165, 1.54) is 29.4 Å². The summed E-state index contributed by atoms with van der Waals surface area (Å²) in [6.07, 6.45) is 3.51. The van der Waals surface area contributed by atoms with Crippen molar-refractivity contribution in [2.75, 3.05) is 5.32 Å². The van der Waals surface area contributed by atoms with Crippen molar-refractivity contribution in [3.63, 3.8) is 0 Å². The number of hydrogen-bond donors (Lipinski definition) is 2. The van der Waals surface area contributed by atoms with E-state index in [-0.39, 0.29) is 10.4 Å². The van der Waals surface area contributed by atoms with E-state index in [9.17, 15) is 9.18 Å². The van der Waals surface area contributed by atoms with E-state index in [0.29, 0.717) is 50.2 Å². The minimum absolute atomic E-state index is 0.0491. The van der Waals surface area contributed by atoms with Crippen LogP contribution in [-0.4, -0.2) is 24.5 Å². The van der Waals surface area contributed by atoms with Crippen molar-refractivity contribution in [3.8, 4) is 5.69 Å². The number of rotatable bonds is 5. The number of anilines is 1. The lowest BCUT2D eigenvalue weighted by molar-refractivity contribution is 0.629. The van der Waals surface area contributed by atoms with E-state index in [4.69, 9.17) is 34.8 Å². The SMILES string of the molecule is CCC(Nc1ncnc2[nH]cnc12)c1cc2ccc(F)c(Cl)c2c(=O)n1-c1cc(Cl)ccc1Cl. The Morgan fingerprint density at radius 1 is 1.12 bits per heavy atom. The van der Waals surface area contributed by atoms with Crippen molar-refractivity contribution in [1.29, 1.82) is 0 Å². The molecule has 0 saturated carbocycles. The molecule has 0 aliphatic carbocycles. The number of benzene rings is 2. The Morgan fingerprint density at radius 3 is 2.74 bits per heavy atom. The normalized spacial score (nSPS) is 12.4. The minimum atomic E-state index is -0.685. The van der Waals surface area contributed by atoms with E-state index in [2.05, 4.69) is 25.3 Å². The second-order valence-electron chi connectivity index (χ2n) is 7.56.